The van der Waals surface area contributed by atoms with E-state index in [0.717, 1.165) is 31.3 Å². The van der Waals surface area contributed by atoms with E-state index in [-0.39, 0.29) is 0 Å². The molecule has 1 aliphatic rings. The fourth-order valence-electron chi connectivity index (χ4n) is 2.95. The van der Waals surface area contributed by atoms with E-state index < -0.39 is 0 Å². The first-order chi connectivity index (χ1) is 9.76. The van der Waals surface area contributed by atoms with E-state index in [0.29, 0.717) is 6.04 Å². The Morgan fingerprint density at radius 3 is 3.05 bits per heavy atom. The molecule has 112 valence electrons. The highest BCUT2D eigenvalue weighted by molar-refractivity contribution is 6.30. The second-order valence-electron chi connectivity index (χ2n) is 5.34. The molecular formula is C16H25ClN2O. The van der Waals surface area contributed by atoms with Crippen LogP contribution in [-0.2, 0) is 11.3 Å². The lowest BCUT2D eigenvalue weighted by Gasteiger charge is -2.28. The minimum absolute atomic E-state index is 0.675. The first kappa shape index (κ1) is 15.6. The predicted molar refractivity (Wildman–Crippen MR) is 85.7 cm³/mol. The summed E-state index contributed by atoms with van der Waals surface area (Å²) in [5.74, 6) is 0. The van der Waals surface area contributed by atoms with Crippen LogP contribution in [-0.4, -0.2) is 32.8 Å². The quantitative estimate of drug-likeness (QED) is 0.780. The maximum Gasteiger partial charge on any atom is 0.0587 e. The third-order valence-corrected chi connectivity index (χ3v) is 4.23. The van der Waals surface area contributed by atoms with Crippen molar-refractivity contribution in [3.8, 4) is 0 Å². The van der Waals surface area contributed by atoms with Gasteiger partial charge in [0.05, 0.1) is 6.61 Å². The number of nitrogens with one attached hydrogen (secondary N) is 1. The fraction of sp³-hybridized carbons (Fsp3) is 0.625. The third-order valence-electron chi connectivity index (χ3n) is 4.00. The lowest BCUT2D eigenvalue weighted by atomic mass is 10.1. The summed E-state index contributed by atoms with van der Waals surface area (Å²) < 4.78 is 5.07. The van der Waals surface area contributed by atoms with Gasteiger partial charge < -0.3 is 15.0 Å². The Hall–Kier alpha value is -0.770. The van der Waals surface area contributed by atoms with Gasteiger partial charge in [-0.1, -0.05) is 18.5 Å². The number of nitrogens with zero attached hydrogens (tertiary/aromatic N) is 1. The van der Waals surface area contributed by atoms with E-state index in [1.807, 2.05) is 6.07 Å². The van der Waals surface area contributed by atoms with Crippen molar-refractivity contribution >= 4 is 17.3 Å². The van der Waals surface area contributed by atoms with Crippen molar-refractivity contribution < 1.29 is 4.74 Å². The molecule has 1 aromatic carbocycles. The average Bonchev–Trinajstić information content (AvgIpc) is 2.92. The molecular weight excluding hydrogens is 272 g/mol. The molecule has 1 aliphatic heterocycles. The molecule has 1 unspecified atom stereocenters. The summed E-state index contributed by atoms with van der Waals surface area (Å²) in [5, 5.41) is 4.23. The van der Waals surface area contributed by atoms with E-state index in [4.69, 9.17) is 16.3 Å². The van der Waals surface area contributed by atoms with E-state index in [9.17, 15) is 0 Å². The Balaban J connectivity index is 2.10. The van der Waals surface area contributed by atoms with Gasteiger partial charge in [0.1, 0.15) is 0 Å². The zero-order valence-electron chi connectivity index (χ0n) is 12.5. The van der Waals surface area contributed by atoms with Crippen molar-refractivity contribution in [1.29, 1.82) is 0 Å². The average molecular weight is 297 g/mol. The summed E-state index contributed by atoms with van der Waals surface area (Å²) in [7, 11) is 1.72. The van der Waals surface area contributed by atoms with Gasteiger partial charge in [0.15, 0.2) is 0 Å². The normalized spacial score (nSPS) is 18.8. The maximum atomic E-state index is 6.16. The van der Waals surface area contributed by atoms with Crippen LogP contribution in [0.5, 0.6) is 0 Å². The van der Waals surface area contributed by atoms with E-state index in [1.165, 1.54) is 30.5 Å². The van der Waals surface area contributed by atoms with Crippen molar-refractivity contribution in [3.05, 3.63) is 28.8 Å². The smallest absolute Gasteiger partial charge is 0.0587 e. The third kappa shape index (κ3) is 3.87. The molecule has 3 nitrogen and oxygen atoms in total. The largest absolute Gasteiger partial charge is 0.383 e. The summed E-state index contributed by atoms with van der Waals surface area (Å²) in [5.41, 5.74) is 2.62. The fourth-order valence-corrected chi connectivity index (χ4v) is 3.15. The molecule has 0 saturated carbocycles. The van der Waals surface area contributed by atoms with Gasteiger partial charge in [-0.15, -0.1) is 0 Å². The van der Waals surface area contributed by atoms with Crippen LogP contribution >= 0.6 is 11.6 Å². The molecule has 1 aromatic rings. The number of hydrogen-bond donors (Lipinski definition) is 1. The molecule has 0 aromatic heterocycles. The molecule has 0 amide bonds. The molecule has 1 saturated heterocycles. The van der Waals surface area contributed by atoms with Crippen molar-refractivity contribution in [3.63, 3.8) is 0 Å². The number of hydrogen-bond acceptors (Lipinski definition) is 3. The highest BCUT2D eigenvalue weighted by atomic mass is 35.5. The molecule has 0 spiro atoms. The SMILES string of the molecule is CCC1CCCN1c1ccc(Cl)cc1CNCCOC. The summed E-state index contributed by atoms with van der Waals surface area (Å²) in [6.07, 6.45) is 3.80. The topological polar surface area (TPSA) is 24.5 Å². The molecule has 0 aliphatic carbocycles. The number of benzene rings is 1. The Bertz CT molecular complexity index is 425. The van der Waals surface area contributed by atoms with Gasteiger partial charge in [0, 0.05) is 43.5 Å². The number of methoxy groups -OCH3 is 1. The highest BCUT2D eigenvalue weighted by Gasteiger charge is 2.24. The van der Waals surface area contributed by atoms with E-state index in [1.54, 1.807) is 7.11 Å². The van der Waals surface area contributed by atoms with Crippen molar-refractivity contribution in [2.75, 3.05) is 31.7 Å². The van der Waals surface area contributed by atoms with Crippen molar-refractivity contribution in [1.82, 2.24) is 5.32 Å². The van der Waals surface area contributed by atoms with Crippen LogP contribution < -0.4 is 10.2 Å². The molecule has 20 heavy (non-hydrogen) atoms. The Morgan fingerprint density at radius 2 is 2.30 bits per heavy atom. The van der Waals surface area contributed by atoms with Crippen LogP contribution in [0.25, 0.3) is 0 Å². The highest BCUT2D eigenvalue weighted by Crippen LogP contribution is 2.31. The summed E-state index contributed by atoms with van der Waals surface area (Å²) in [4.78, 5) is 2.55. The molecule has 2 rings (SSSR count). The molecule has 1 atom stereocenters. The summed E-state index contributed by atoms with van der Waals surface area (Å²) in [6.45, 7) is 5.86. The van der Waals surface area contributed by atoms with Crippen LogP contribution in [0.3, 0.4) is 0 Å². The Labute approximate surface area is 127 Å². The number of rotatable bonds is 7. The zero-order chi connectivity index (χ0) is 14.4. The number of ether oxygens (including phenoxy) is 1. The zero-order valence-corrected chi connectivity index (χ0v) is 13.2. The first-order valence-electron chi connectivity index (χ1n) is 7.51. The minimum atomic E-state index is 0.675. The maximum absolute atomic E-state index is 6.16. The van der Waals surface area contributed by atoms with Crippen molar-refractivity contribution in [2.24, 2.45) is 0 Å². The van der Waals surface area contributed by atoms with Gasteiger partial charge in [0.25, 0.3) is 0 Å². The van der Waals surface area contributed by atoms with Crippen LogP contribution in [0.4, 0.5) is 5.69 Å². The van der Waals surface area contributed by atoms with Crippen LogP contribution in [0.2, 0.25) is 5.02 Å². The van der Waals surface area contributed by atoms with Gasteiger partial charge in [-0.25, -0.2) is 0 Å². The Kier molecular flexibility index (Phi) is 6.14. The van der Waals surface area contributed by atoms with Gasteiger partial charge in [-0.3, -0.25) is 0 Å². The van der Waals surface area contributed by atoms with Gasteiger partial charge in [-0.2, -0.15) is 0 Å². The van der Waals surface area contributed by atoms with Crippen LogP contribution in [0.15, 0.2) is 18.2 Å². The first-order valence-corrected chi connectivity index (χ1v) is 7.88. The standard InChI is InChI=1S/C16H25ClN2O/c1-3-15-5-4-9-19(15)16-7-6-14(17)11-13(16)12-18-8-10-20-2/h6-7,11,15,18H,3-5,8-10,12H2,1-2H3. The minimum Gasteiger partial charge on any atom is -0.383 e. The lowest BCUT2D eigenvalue weighted by Crippen LogP contribution is -2.30. The molecule has 1 fully saturated rings. The second kappa shape index (κ2) is 7.87. The molecule has 1 N–H and O–H groups in total. The van der Waals surface area contributed by atoms with Crippen LogP contribution in [0, 0.1) is 0 Å². The predicted octanol–water partition coefficient (Wildman–Crippen LogP) is 3.45. The van der Waals surface area contributed by atoms with E-state index >= 15 is 0 Å². The summed E-state index contributed by atoms with van der Waals surface area (Å²) in [6, 6.07) is 6.93. The Morgan fingerprint density at radius 1 is 1.45 bits per heavy atom. The van der Waals surface area contributed by atoms with Gasteiger partial charge in [0.2, 0.25) is 0 Å². The van der Waals surface area contributed by atoms with E-state index in [2.05, 4.69) is 29.3 Å². The second-order valence-corrected chi connectivity index (χ2v) is 5.78. The number of halogens is 1. The molecule has 0 bridgehead atoms. The van der Waals surface area contributed by atoms with Gasteiger partial charge in [-0.05, 0) is 43.0 Å². The van der Waals surface area contributed by atoms with Crippen molar-refractivity contribution in [2.45, 2.75) is 38.8 Å². The molecule has 4 heteroatoms. The molecule has 1 heterocycles. The van der Waals surface area contributed by atoms with Gasteiger partial charge >= 0.3 is 0 Å². The lowest BCUT2D eigenvalue weighted by molar-refractivity contribution is 0.199. The number of anilines is 1. The summed E-state index contributed by atoms with van der Waals surface area (Å²) >= 11 is 6.16. The monoisotopic (exact) mass is 296 g/mol. The van der Waals surface area contributed by atoms with Crippen LogP contribution in [0.1, 0.15) is 31.7 Å². The molecule has 0 radical (unpaired) electrons.